The second-order valence-corrected chi connectivity index (χ2v) is 9.34. The van der Waals surface area contributed by atoms with Gasteiger partial charge in [-0.3, -0.25) is 9.52 Å². The second-order valence-electron chi connectivity index (χ2n) is 6.60. The van der Waals surface area contributed by atoms with Crippen LogP contribution in [0.4, 0.5) is 5.13 Å². The third-order valence-corrected chi connectivity index (χ3v) is 7.03. The van der Waals surface area contributed by atoms with Gasteiger partial charge in [-0.05, 0) is 37.1 Å². The molecule has 0 aliphatic heterocycles. The topological polar surface area (TPSA) is 94.6 Å². The van der Waals surface area contributed by atoms with Crippen LogP contribution in [-0.4, -0.2) is 33.6 Å². The number of anilines is 1. The van der Waals surface area contributed by atoms with Crippen LogP contribution >= 0.6 is 11.3 Å². The Kier molecular flexibility index (Phi) is 6.42. The number of hydrogen-bond donors (Lipinski definition) is 1. The first-order valence-corrected chi connectivity index (χ1v) is 11.3. The average molecular weight is 447 g/mol. The highest BCUT2D eigenvalue weighted by Crippen LogP contribution is 2.34. The van der Waals surface area contributed by atoms with E-state index < -0.39 is 16.0 Å². The zero-order chi connectivity index (χ0) is 21.9. The quantitative estimate of drug-likeness (QED) is 0.552. The lowest BCUT2D eigenvalue weighted by Gasteiger charge is -2.12. The Morgan fingerprint density at radius 3 is 2.40 bits per heavy atom. The van der Waals surface area contributed by atoms with E-state index in [1.54, 1.807) is 12.1 Å². The maximum Gasteiger partial charge on any atom is 0.310 e. The fourth-order valence-corrected chi connectivity index (χ4v) is 5.28. The van der Waals surface area contributed by atoms with Crippen LogP contribution in [0, 0.1) is 13.8 Å². The van der Waals surface area contributed by atoms with Crippen molar-refractivity contribution < 1.29 is 22.7 Å². The van der Waals surface area contributed by atoms with E-state index in [2.05, 4.69) is 9.71 Å². The summed E-state index contributed by atoms with van der Waals surface area (Å²) in [6.45, 7) is 3.72. The van der Waals surface area contributed by atoms with Gasteiger partial charge in [0.15, 0.2) is 5.13 Å². The number of rotatable bonds is 7. The highest BCUT2D eigenvalue weighted by Gasteiger charge is 2.24. The van der Waals surface area contributed by atoms with Crippen LogP contribution in [0.3, 0.4) is 0 Å². The monoisotopic (exact) mass is 446 g/mol. The number of benzene rings is 2. The fourth-order valence-electron chi connectivity index (χ4n) is 2.84. The zero-order valence-corrected chi connectivity index (χ0v) is 18.7. The number of ether oxygens (including phenoxy) is 2. The summed E-state index contributed by atoms with van der Waals surface area (Å²) in [6.07, 6.45) is -0.00686. The smallest absolute Gasteiger partial charge is 0.310 e. The number of nitrogens with one attached hydrogen (secondary N) is 1. The fraction of sp³-hybridized carbons (Fsp3) is 0.238. The van der Waals surface area contributed by atoms with Crippen LogP contribution in [0.15, 0.2) is 47.4 Å². The van der Waals surface area contributed by atoms with E-state index in [1.807, 2.05) is 44.2 Å². The highest BCUT2D eigenvalue weighted by molar-refractivity contribution is 7.93. The van der Waals surface area contributed by atoms with Crippen LogP contribution in [-0.2, 0) is 26.0 Å². The lowest BCUT2D eigenvalue weighted by Crippen LogP contribution is -2.14. The Bertz CT molecular complexity index is 1170. The molecule has 0 unspecified atom stereocenters. The molecule has 3 rings (SSSR count). The van der Waals surface area contributed by atoms with Gasteiger partial charge in [-0.15, -0.1) is 0 Å². The van der Waals surface area contributed by atoms with Gasteiger partial charge >= 0.3 is 5.97 Å². The minimum atomic E-state index is -3.96. The van der Waals surface area contributed by atoms with Crippen molar-refractivity contribution in [1.82, 2.24) is 4.98 Å². The summed E-state index contributed by atoms with van der Waals surface area (Å²) in [7, 11) is -1.23. The Morgan fingerprint density at radius 1 is 1.10 bits per heavy atom. The SMILES string of the molecule is COC(=O)Cc1sc(NS(=O)(=O)c2cc(C)c(C)cc2OC)nc1-c1ccccc1. The van der Waals surface area contributed by atoms with E-state index in [0.29, 0.717) is 10.6 Å². The summed E-state index contributed by atoms with van der Waals surface area (Å²) < 4.78 is 38.7. The van der Waals surface area contributed by atoms with Gasteiger partial charge in [0, 0.05) is 10.4 Å². The van der Waals surface area contributed by atoms with Crippen LogP contribution in [0.1, 0.15) is 16.0 Å². The number of sulfonamides is 1. The number of esters is 1. The van der Waals surface area contributed by atoms with Crippen molar-refractivity contribution in [3.8, 4) is 17.0 Å². The molecule has 1 aromatic heterocycles. The average Bonchev–Trinajstić information content (AvgIpc) is 3.11. The van der Waals surface area contributed by atoms with E-state index in [1.165, 1.54) is 14.2 Å². The Balaban J connectivity index is 2.02. The summed E-state index contributed by atoms with van der Waals surface area (Å²) in [4.78, 5) is 16.9. The Hall–Kier alpha value is -2.91. The molecular formula is C21H22N2O5S2. The van der Waals surface area contributed by atoms with E-state index in [4.69, 9.17) is 9.47 Å². The molecule has 0 saturated carbocycles. The van der Waals surface area contributed by atoms with E-state index in [0.717, 1.165) is 28.0 Å². The van der Waals surface area contributed by atoms with Gasteiger partial charge in [-0.25, -0.2) is 13.4 Å². The van der Waals surface area contributed by atoms with Crippen molar-refractivity contribution in [2.75, 3.05) is 18.9 Å². The molecule has 0 aliphatic rings. The first-order valence-electron chi connectivity index (χ1n) is 9.05. The normalized spacial score (nSPS) is 11.2. The van der Waals surface area contributed by atoms with Gasteiger partial charge < -0.3 is 9.47 Å². The van der Waals surface area contributed by atoms with Crippen molar-refractivity contribution in [2.24, 2.45) is 0 Å². The maximum absolute atomic E-state index is 13.1. The minimum absolute atomic E-state index is 0.00686. The summed E-state index contributed by atoms with van der Waals surface area (Å²) in [5.41, 5.74) is 3.07. The van der Waals surface area contributed by atoms with Gasteiger partial charge in [-0.2, -0.15) is 0 Å². The summed E-state index contributed by atoms with van der Waals surface area (Å²) in [5, 5.41) is 0.160. The molecule has 0 amide bonds. The molecule has 7 nitrogen and oxygen atoms in total. The predicted octanol–water partition coefficient (Wildman–Crippen LogP) is 3.95. The van der Waals surface area contributed by atoms with Crippen molar-refractivity contribution >= 4 is 32.5 Å². The van der Waals surface area contributed by atoms with Gasteiger partial charge in [-0.1, -0.05) is 41.7 Å². The molecule has 0 saturated heterocycles. The van der Waals surface area contributed by atoms with Crippen molar-refractivity contribution in [1.29, 1.82) is 0 Å². The molecule has 0 radical (unpaired) electrons. The minimum Gasteiger partial charge on any atom is -0.495 e. The molecule has 0 fully saturated rings. The van der Waals surface area contributed by atoms with Gasteiger partial charge in [0.25, 0.3) is 10.0 Å². The van der Waals surface area contributed by atoms with Crippen LogP contribution in [0.2, 0.25) is 0 Å². The molecule has 0 aliphatic carbocycles. The molecule has 30 heavy (non-hydrogen) atoms. The molecule has 158 valence electrons. The lowest BCUT2D eigenvalue weighted by atomic mass is 10.1. The first-order chi connectivity index (χ1) is 14.2. The number of carbonyl (C=O) groups is 1. The number of nitrogens with zero attached hydrogens (tertiary/aromatic N) is 1. The van der Waals surface area contributed by atoms with E-state index >= 15 is 0 Å². The Labute approximate surface area is 179 Å². The number of hydrogen-bond acceptors (Lipinski definition) is 7. The second kappa shape index (κ2) is 8.85. The summed E-state index contributed by atoms with van der Waals surface area (Å²) in [5.74, 6) is -0.179. The number of carbonyl (C=O) groups excluding carboxylic acids is 1. The van der Waals surface area contributed by atoms with Gasteiger partial charge in [0.05, 0.1) is 26.3 Å². The maximum atomic E-state index is 13.1. The molecular weight excluding hydrogens is 424 g/mol. The molecule has 0 bridgehead atoms. The third-order valence-electron chi connectivity index (χ3n) is 4.57. The molecule has 0 spiro atoms. The molecule has 3 aromatic rings. The van der Waals surface area contributed by atoms with Gasteiger partial charge in [0.1, 0.15) is 10.6 Å². The largest absolute Gasteiger partial charge is 0.495 e. The third kappa shape index (κ3) is 4.63. The van der Waals surface area contributed by atoms with Crippen molar-refractivity contribution in [3.05, 3.63) is 58.5 Å². The zero-order valence-electron chi connectivity index (χ0n) is 17.1. The molecule has 2 aromatic carbocycles. The highest BCUT2D eigenvalue weighted by atomic mass is 32.2. The molecule has 1 heterocycles. The van der Waals surface area contributed by atoms with Crippen molar-refractivity contribution in [3.63, 3.8) is 0 Å². The van der Waals surface area contributed by atoms with Crippen LogP contribution in [0.5, 0.6) is 5.75 Å². The summed E-state index contributed by atoms with van der Waals surface area (Å²) >= 11 is 1.10. The number of thiazole rings is 1. The predicted molar refractivity (Wildman–Crippen MR) is 117 cm³/mol. The van der Waals surface area contributed by atoms with E-state index in [-0.39, 0.29) is 22.2 Å². The van der Waals surface area contributed by atoms with Crippen LogP contribution < -0.4 is 9.46 Å². The number of aromatic nitrogens is 1. The van der Waals surface area contributed by atoms with Crippen LogP contribution in [0.25, 0.3) is 11.3 Å². The van der Waals surface area contributed by atoms with E-state index in [9.17, 15) is 13.2 Å². The number of aryl methyl sites for hydroxylation is 2. The standard InChI is InChI=1S/C21H22N2O5S2/c1-13-10-16(27-3)18(11-14(13)2)30(25,26)23-21-22-20(15-8-6-5-7-9-15)17(29-21)12-19(24)28-4/h5-11H,12H2,1-4H3,(H,22,23). The number of methoxy groups -OCH3 is 2. The Morgan fingerprint density at radius 2 is 1.77 bits per heavy atom. The van der Waals surface area contributed by atoms with Gasteiger partial charge in [0.2, 0.25) is 0 Å². The first kappa shape index (κ1) is 21.8. The molecule has 0 atom stereocenters. The lowest BCUT2D eigenvalue weighted by molar-refractivity contribution is -0.139. The molecule has 1 N–H and O–H groups in total. The summed E-state index contributed by atoms with van der Waals surface area (Å²) in [6, 6.07) is 12.5. The molecule has 9 heteroatoms. The van der Waals surface area contributed by atoms with Crippen molar-refractivity contribution in [2.45, 2.75) is 25.2 Å².